The Kier molecular flexibility index (Phi) is 3.83. The molecule has 0 spiro atoms. The molecule has 0 unspecified atom stereocenters. The molecule has 1 aliphatic rings. The maximum Gasteiger partial charge on any atom is 0.244 e. The fourth-order valence-corrected chi connectivity index (χ4v) is 2.73. The van der Waals surface area contributed by atoms with Gasteiger partial charge in [-0.25, -0.2) is 0 Å². The number of likely N-dealkylation sites (tertiary alicyclic amines) is 1. The fourth-order valence-electron chi connectivity index (χ4n) is 2.73. The van der Waals surface area contributed by atoms with Crippen molar-refractivity contribution in [1.29, 1.82) is 0 Å². The number of nitrogens with zero attached hydrogens (tertiary/aromatic N) is 3. The molecule has 1 aromatic carbocycles. The van der Waals surface area contributed by atoms with Gasteiger partial charge in [-0.1, -0.05) is 49.3 Å². The summed E-state index contributed by atoms with van der Waals surface area (Å²) >= 11 is 0. The normalized spacial score (nSPS) is 19.9. The summed E-state index contributed by atoms with van der Waals surface area (Å²) in [6, 6.07) is 10.8. The molecule has 2 aromatic rings. The second-order valence-corrected chi connectivity index (χ2v) is 5.76. The third-order valence-electron chi connectivity index (χ3n) is 3.85. The average Bonchev–Trinajstić information content (AvgIpc) is 3.08. The Morgan fingerprint density at radius 3 is 2.80 bits per heavy atom. The lowest BCUT2D eigenvalue weighted by molar-refractivity contribution is 0.201. The van der Waals surface area contributed by atoms with Gasteiger partial charge >= 0.3 is 0 Å². The monoisotopic (exact) mass is 271 g/mol. The Hall–Kier alpha value is -1.68. The van der Waals surface area contributed by atoms with E-state index in [4.69, 9.17) is 4.52 Å². The number of hydrogen-bond donors (Lipinski definition) is 0. The van der Waals surface area contributed by atoms with Crippen LogP contribution in [0.2, 0.25) is 0 Å². The molecule has 3 rings (SSSR count). The highest BCUT2D eigenvalue weighted by Crippen LogP contribution is 2.32. The van der Waals surface area contributed by atoms with Crippen LogP contribution < -0.4 is 0 Å². The molecule has 0 amide bonds. The molecule has 0 N–H and O–H groups in total. The van der Waals surface area contributed by atoms with Crippen molar-refractivity contribution in [3.8, 4) is 0 Å². The van der Waals surface area contributed by atoms with E-state index < -0.39 is 0 Å². The third-order valence-corrected chi connectivity index (χ3v) is 3.85. The van der Waals surface area contributed by atoms with Gasteiger partial charge in [-0.2, -0.15) is 4.98 Å². The minimum atomic E-state index is 0.273. The van der Waals surface area contributed by atoms with Crippen LogP contribution in [0.4, 0.5) is 0 Å². The van der Waals surface area contributed by atoms with Crippen LogP contribution in [-0.4, -0.2) is 21.6 Å². The summed E-state index contributed by atoms with van der Waals surface area (Å²) in [6.45, 7) is 6.22. The first-order valence-electron chi connectivity index (χ1n) is 7.35. The second kappa shape index (κ2) is 5.75. The zero-order chi connectivity index (χ0) is 13.9. The maximum absolute atomic E-state index is 5.48. The number of benzene rings is 1. The largest absolute Gasteiger partial charge is 0.338 e. The van der Waals surface area contributed by atoms with E-state index in [2.05, 4.69) is 59.2 Å². The highest BCUT2D eigenvalue weighted by atomic mass is 16.5. The Labute approximate surface area is 119 Å². The van der Waals surface area contributed by atoms with Crippen LogP contribution in [0.5, 0.6) is 0 Å². The molecule has 0 aliphatic carbocycles. The summed E-state index contributed by atoms with van der Waals surface area (Å²) in [7, 11) is 0. The minimum absolute atomic E-state index is 0.273. The predicted molar refractivity (Wildman–Crippen MR) is 77.2 cm³/mol. The van der Waals surface area contributed by atoms with E-state index >= 15 is 0 Å². The summed E-state index contributed by atoms with van der Waals surface area (Å²) in [4.78, 5) is 7.00. The highest BCUT2D eigenvalue weighted by Gasteiger charge is 2.30. The van der Waals surface area contributed by atoms with E-state index in [1.807, 2.05) is 0 Å². The Morgan fingerprint density at radius 1 is 1.30 bits per heavy atom. The smallest absolute Gasteiger partial charge is 0.244 e. The lowest BCUT2D eigenvalue weighted by Gasteiger charge is -2.21. The minimum Gasteiger partial charge on any atom is -0.338 e. The molecular formula is C16H21N3O. The molecule has 0 bridgehead atoms. The first-order valence-corrected chi connectivity index (χ1v) is 7.35. The molecule has 4 nitrogen and oxygen atoms in total. The molecule has 1 fully saturated rings. The van der Waals surface area contributed by atoms with E-state index in [0.29, 0.717) is 5.92 Å². The average molecular weight is 271 g/mol. The molecule has 1 atom stereocenters. The Balaban J connectivity index is 1.74. The van der Waals surface area contributed by atoms with E-state index in [1.165, 1.54) is 12.0 Å². The topological polar surface area (TPSA) is 42.2 Å². The summed E-state index contributed by atoms with van der Waals surface area (Å²) in [5.74, 6) is 1.91. The molecule has 1 aliphatic heterocycles. The van der Waals surface area contributed by atoms with Crippen molar-refractivity contribution in [3.05, 3.63) is 47.6 Å². The van der Waals surface area contributed by atoms with Gasteiger partial charge in [0, 0.05) is 12.5 Å². The molecular weight excluding hydrogens is 250 g/mol. The molecule has 0 saturated carbocycles. The van der Waals surface area contributed by atoms with Crippen molar-refractivity contribution in [2.75, 3.05) is 6.54 Å². The van der Waals surface area contributed by atoms with Gasteiger partial charge in [0.2, 0.25) is 5.89 Å². The van der Waals surface area contributed by atoms with Crippen molar-refractivity contribution in [2.45, 2.75) is 45.2 Å². The summed E-state index contributed by atoms with van der Waals surface area (Å²) in [5.41, 5.74) is 1.34. The first kappa shape index (κ1) is 13.3. The van der Waals surface area contributed by atoms with Crippen LogP contribution in [0.1, 0.15) is 55.9 Å². The predicted octanol–water partition coefficient (Wildman–Crippen LogP) is 3.53. The van der Waals surface area contributed by atoms with Crippen molar-refractivity contribution in [3.63, 3.8) is 0 Å². The van der Waals surface area contributed by atoms with Gasteiger partial charge in [0.25, 0.3) is 0 Å². The summed E-state index contributed by atoms with van der Waals surface area (Å²) in [5, 5.41) is 4.09. The van der Waals surface area contributed by atoms with Gasteiger partial charge in [0.1, 0.15) is 0 Å². The molecule has 1 aromatic heterocycles. The molecule has 0 radical (unpaired) electrons. The number of hydrogen-bond acceptors (Lipinski definition) is 4. The molecule has 106 valence electrons. The van der Waals surface area contributed by atoms with Crippen LogP contribution in [0, 0.1) is 0 Å². The molecule has 1 saturated heterocycles. The van der Waals surface area contributed by atoms with Crippen LogP contribution in [0.25, 0.3) is 0 Å². The third kappa shape index (κ3) is 2.75. The van der Waals surface area contributed by atoms with Crippen molar-refractivity contribution < 1.29 is 4.52 Å². The summed E-state index contributed by atoms with van der Waals surface area (Å²) < 4.78 is 5.48. The van der Waals surface area contributed by atoms with Gasteiger partial charge in [-0.05, 0) is 24.9 Å². The first-order chi connectivity index (χ1) is 9.74. The lowest BCUT2D eigenvalue weighted by atomic mass is 10.1. The van der Waals surface area contributed by atoms with Crippen molar-refractivity contribution in [2.24, 2.45) is 0 Å². The van der Waals surface area contributed by atoms with E-state index in [-0.39, 0.29) is 6.04 Å². The zero-order valence-electron chi connectivity index (χ0n) is 12.1. The van der Waals surface area contributed by atoms with Crippen LogP contribution in [-0.2, 0) is 6.54 Å². The van der Waals surface area contributed by atoms with Crippen molar-refractivity contribution in [1.82, 2.24) is 15.0 Å². The molecule has 20 heavy (non-hydrogen) atoms. The quantitative estimate of drug-likeness (QED) is 0.853. The van der Waals surface area contributed by atoms with Gasteiger partial charge in [-0.3, -0.25) is 4.90 Å². The Bertz CT molecular complexity index is 550. The van der Waals surface area contributed by atoms with Crippen LogP contribution >= 0.6 is 0 Å². The van der Waals surface area contributed by atoms with E-state index in [0.717, 1.165) is 31.2 Å². The lowest BCUT2D eigenvalue weighted by Crippen LogP contribution is -2.23. The van der Waals surface area contributed by atoms with E-state index in [9.17, 15) is 0 Å². The standard InChI is InChI=1S/C16H21N3O/c1-12(2)15-17-16(20-18-15)14-9-6-10-19(14)11-13-7-4-3-5-8-13/h3-5,7-8,12,14H,6,9-11H2,1-2H3/t14-/m1/s1. The SMILES string of the molecule is CC(C)c1noc([C@H]2CCCN2Cc2ccccc2)n1. The van der Waals surface area contributed by atoms with Gasteiger partial charge in [-0.15, -0.1) is 0 Å². The van der Waals surface area contributed by atoms with Crippen LogP contribution in [0.3, 0.4) is 0 Å². The number of aromatic nitrogens is 2. The zero-order valence-corrected chi connectivity index (χ0v) is 12.1. The highest BCUT2D eigenvalue weighted by molar-refractivity contribution is 5.15. The Morgan fingerprint density at radius 2 is 2.10 bits per heavy atom. The maximum atomic E-state index is 5.48. The van der Waals surface area contributed by atoms with Crippen LogP contribution in [0.15, 0.2) is 34.9 Å². The van der Waals surface area contributed by atoms with Crippen molar-refractivity contribution >= 4 is 0 Å². The van der Waals surface area contributed by atoms with Gasteiger partial charge in [0.05, 0.1) is 6.04 Å². The number of rotatable bonds is 4. The van der Waals surface area contributed by atoms with Gasteiger partial charge < -0.3 is 4.52 Å². The van der Waals surface area contributed by atoms with Gasteiger partial charge in [0.15, 0.2) is 5.82 Å². The second-order valence-electron chi connectivity index (χ2n) is 5.76. The van der Waals surface area contributed by atoms with E-state index in [1.54, 1.807) is 0 Å². The molecule has 4 heteroatoms. The molecule has 2 heterocycles. The fraction of sp³-hybridized carbons (Fsp3) is 0.500. The summed E-state index contributed by atoms with van der Waals surface area (Å²) in [6.07, 6.45) is 2.30.